The third-order valence-corrected chi connectivity index (χ3v) is 5.85. The summed E-state index contributed by atoms with van der Waals surface area (Å²) in [4.78, 5) is 11.8. The van der Waals surface area contributed by atoms with E-state index in [-0.39, 0.29) is 19.8 Å². The zero-order chi connectivity index (χ0) is 15.1. The van der Waals surface area contributed by atoms with Gasteiger partial charge in [0.25, 0.3) is 0 Å². The molecule has 2 aromatic carbocycles. The van der Waals surface area contributed by atoms with Crippen molar-refractivity contribution in [2.75, 3.05) is 7.11 Å². The molecule has 0 aliphatic rings. The third kappa shape index (κ3) is 4.16. The number of methoxy groups -OCH3 is 1. The van der Waals surface area contributed by atoms with E-state index < -0.39 is 12.0 Å². The fourth-order valence-electron chi connectivity index (χ4n) is 1.99. The molecule has 0 aliphatic heterocycles. The minimum atomic E-state index is -0.780. The maximum atomic E-state index is 11.9. The summed E-state index contributed by atoms with van der Waals surface area (Å²) < 4.78 is 5.95. The number of carbonyl (C=O) groups is 1. The Morgan fingerprint density at radius 1 is 1.10 bits per heavy atom. The number of rotatable bonds is 6. The van der Waals surface area contributed by atoms with Crippen molar-refractivity contribution in [1.82, 2.24) is 5.48 Å². The maximum absolute atomic E-state index is 11.9. The zero-order valence-corrected chi connectivity index (χ0v) is 13.3. The average molecular weight is 350 g/mol. The molecule has 0 bridgehead atoms. The van der Waals surface area contributed by atoms with Gasteiger partial charge < -0.3 is 0 Å². The van der Waals surface area contributed by atoms with Gasteiger partial charge in [-0.1, -0.05) is 0 Å². The number of esters is 1. The topological polar surface area (TPSA) is 58.6 Å². The van der Waals surface area contributed by atoms with Crippen molar-refractivity contribution in [3.8, 4) is 0 Å². The van der Waals surface area contributed by atoms with Gasteiger partial charge in [-0.2, -0.15) is 0 Å². The predicted octanol–water partition coefficient (Wildman–Crippen LogP) is 1.28. The normalized spacial score (nSPS) is 13.4. The van der Waals surface area contributed by atoms with Crippen LogP contribution in [-0.2, 0) is 9.53 Å². The van der Waals surface area contributed by atoms with Gasteiger partial charge in [-0.3, -0.25) is 0 Å². The van der Waals surface area contributed by atoms with Crippen LogP contribution in [0.3, 0.4) is 0 Å². The Kier molecular flexibility index (Phi) is 5.96. The first-order valence-corrected chi connectivity index (χ1v) is 8.35. The van der Waals surface area contributed by atoms with Crippen molar-refractivity contribution in [2.45, 2.75) is 10.9 Å². The van der Waals surface area contributed by atoms with Crippen LogP contribution in [0.5, 0.6) is 0 Å². The first-order valence-electron chi connectivity index (χ1n) is 6.50. The van der Waals surface area contributed by atoms with Gasteiger partial charge in [0.1, 0.15) is 0 Å². The molecule has 0 aliphatic carbocycles. The van der Waals surface area contributed by atoms with Crippen molar-refractivity contribution in [3.63, 3.8) is 0 Å². The van der Waals surface area contributed by atoms with E-state index in [1.807, 2.05) is 60.7 Å². The summed E-state index contributed by atoms with van der Waals surface area (Å²) in [6, 6.07) is 18.9. The molecule has 4 nitrogen and oxygen atoms in total. The number of nitrogens with one attached hydrogen (secondary N) is 1. The van der Waals surface area contributed by atoms with Crippen LogP contribution in [0.25, 0.3) is 0 Å². The van der Waals surface area contributed by atoms with Gasteiger partial charge in [0, 0.05) is 0 Å². The van der Waals surface area contributed by atoms with E-state index in [0.717, 1.165) is 10.0 Å². The van der Waals surface area contributed by atoms with Crippen molar-refractivity contribution in [1.29, 1.82) is 0 Å². The Morgan fingerprint density at radius 2 is 1.67 bits per heavy atom. The molecule has 110 valence electrons. The number of hydrogen-bond donors (Lipinski definition) is 2. The van der Waals surface area contributed by atoms with Crippen molar-refractivity contribution >= 4 is 25.4 Å². The average Bonchev–Trinajstić information content (AvgIpc) is 2.56. The standard InChI is InChI=1S/C16H17NO3Se/c1-20-16(18)14(17-19)15(12-8-4-2-5-9-12)21-13-10-6-3-7-11-13/h2-11,14-15,17,19H,1H3. The Balaban J connectivity index is 2.32. The molecule has 0 spiro atoms. The molecular formula is C16H17NO3Se. The fraction of sp³-hybridized carbons (Fsp3) is 0.188. The van der Waals surface area contributed by atoms with Crippen molar-refractivity contribution in [2.24, 2.45) is 0 Å². The minimum absolute atomic E-state index is 0.0306. The molecule has 2 N–H and O–H groups in total. The summed E-state index contributed by atoms with van der Waals surface area (Å²) in [5, 5.41) is 9.40. The summed E-state index contributed by atoms with van der Waals surface area (Å²) in [6.45, 7) is 0. The number of hydroxylamine groups is 1. The fourth-order valence-corrected chi connectivity index (χ4v) is 4.52. The van der Waals surface area contributed by atoms with Crippen LogP contribution in [0.15, 0.2) is 60.7 Å². The molecule has 0 heterocycles. The van der Waals surface area contributed by atoms with Crippen molar-refractivity contribution in [3.05, 3.63) is 66.2 Å². The number of carbonyl (C=O) groups excluding carboxylic acids is 1. The molecule has 21 heavy (non-hydrogen) atoms. The van der Waals surface area contributed by atoms with E-state index in [1.54, 1.807) is 0 Å². The Labute approximate surface area is 130 Å². The van der Waals surface area contributed by atoms with E-state index in [4.69, 9.17) is 4.74 Å². The summed E-state index contributed by atoms with van der Waals surface area (Å²) in [5.74, 6) is -0.468. The molecule has 2 aromatic rings. The van der Waals surface area contributed by atoms with Crippen LogP contribution in [0.2, 0.25) is 0 Å². The second kappa shape index (κ2) is 7.96. The molecule has 0 saturated carbocycles. The third-order valence-electron chi connectivity index (χ3n) is 3.03. The van der Waals surface area contributed by atoms with Gasteiger partial charge in [-0.15, -0.1) is 0 Å². The van der Waals surface area contributed by atoms with E-state index >= 15 is 0 Å². The predicted molar refractivity (Wildman–Crippen MR) is 81.7 cm³/mol. The van der Waals surface area contributed by atoms with Crippen LogP contribution in [0, 0.1) is 0 Å². The van der Waals surface area contributed by atoms with E-state index in [9.17, 15) is 10.0 Å². The molecule has 0 fully saturated rings. The van der Waals surface area contributed by atoms with Crippen LogP contribution < -0.4 is 9.94 Å². The Hall–Kier alpha value is -1.65. The molecule has 2 atom stereocenters. The van der Waals surface area contributed by atoms with Crippen LogP contribution in [0.4, 0.5) is 0 Å². The SMILES string of the molecule is COC(=O)C(NO)C([Se]c1ccccc1)c1ccccc1. The molecule has 2 unspecified atom stereocenters. The molecule has 2 rings (SSSR count). The number of benzene rings is 2. The second-order valence-electron chi connectivity index (χ2n) is 4.39. The molecular weight excluding hydrogens is 333 g/mol. The van der Waals surface area contributed by atoms with Crippen molar-refractivity contribution < 1.29 is 14.7 Å². The molecule has 0 aromatic heterocycles. The van der Waals surface area contributed by atoms with Gasteiger partial charge >= 0.3 is 130 Å². The summed E-state index contributed by atoms with van der Waals surface area (Å²) in [5.41, 5.74) is 3.11. The van der Waals surface area contributed by atoms with Crippen LogP contribution in [0.1, 0.15) is 10.4 Å². The van der Waals surface area contributed by atoms with Gasteiger partial charge in [-0.25, -0.2) is 0 Å². The molecule has 0 amide bonds. The Bertz CT molecular complexity index is 562. The van der Waals surface area contributed by atoms with Gasteiger partial charge in [0.05, 0.1) is 0 Å². The van der Waals surface area contributed by atoms with Gasteiger partial charge in [0.2, 0.25) is 0 Å². The summed E-state index contributed by atoms with van der Waals surface area (Å²) in [7, 11) is 1.32. The van der Waals surface area contributed by atoms with Crippen LogP contribution >= 0.6 is 0 Å². The molecule has 0 radical (unpaired) electrons. The first-order chi connectivity index (χ1) is 10.3. The summed E-state index contributed by atoms with van der Waals surface area (Å²) in [6.07, 6.45) is 0. The van der Waals surface area contributed by atoms with Gasteiger partial charge in [0.15, 0.2) is 0 Å². The van der Waals surface area contributed by atoms with Gasteiger partial charge in [-0.05, 0) is 0 Å². The van der Waals surface area contributed by atoms with E-state index in [1.165, 1.54) is 7.11 Å². The first kappa shape index (κ1) is 15.7. The number of hydrogen-bond acceptors (Lipinski definition) is 4. The second-order valence-corrected chi connectivity index (χ2v) is 6.94. The Morgan fingerprint density at radius 3 is 2.19 bits per heavy atom. The van der Waals surface area contributed by atoms with Crippen LogP contribution in [-0.4, -0.2) is 39.3 Å². The van der Waals surface area contributed by atoms with E-state index in [0.29, 0.717) is 0 Å². The number of ether oxygens (including phenoxy) is 1. The van der Waals surface area contributed by atoms with E-state index in [2.05, 4.69) is 5.48 Å². The quantitative estimate of drug-likeness (QED) is 0.468. The zero-order valence-electron chi connectivity index (χ0n) is 11.6. The molecule has 0 saturated heterocycles. The summed E-state index contributed by atoms with van der Waals surface area (Å²) >= 11 is -0.0306. The molecule has 5 heteroatoms. The monoisotopic (exact) mass is 351 g/mol.